The van der Waals surface area contributed by atoms with E-state index >= 15 is 0 Å². The third-order valence-electron chi connectivity index (χ3n) is 3.47. The zero-order valence-electron chi connectivity index (χ0n) is 12.7. The molecular formula is C16H25NO4. The molecule has 1 aromatic rings. The average molecular weight is 295 g/mol. The smallest absolute Gasteiger partial charge is 0.303 e. The molecule has 0 aliphatic heterocycles. The first-order valence-electron chi connectivity index (χ1n) is 7.23. The van der Waals surface area contributed by atoms with Gasteiger partial charge in [0.05, 0.1) is 13.7 Å². The molecule has 0 bridgehead atoms. The molecule has 0 heterocycles. The Hall–Kier alpha value is -1.75. The molecular weight excluding hydrogens is 270 g/mol. The van der Waals surface area contributed by atoms with Crippen LogP contribution in [-0.4, -0.2) is 31.3 Å². The van der Waals surface area contributed by atoms with Crippen LogP contribution in [0.2, 0.25) is 0 Å². The summed E-state index contributed by atoms with van der Waals surface area (Å²) in [6, 6.07) is 7.46. The summed E-state index contributed by atoms with van der Waals surface area (Å²) in [5, 5.41) is 8.80. The first-order valence-corrected chi connectivity index (χ1v) is 7.23. The van der Waals surface area contributed by atoms with Crippen molar-refractivity contribution in [1.29, 1.82) is 0 Å². The Bertz CT molecular complexity index is 419. The fourth-order valence-corrected chi connectivity index (χ4v) is 2.25. The minimum absolute atomic E-state index is 0.0403. The van der Waals surface area contributed by atoms with Gasteiger partial charge in [0.2, 0.25) is 0 Å². The predicted octanol–water partition coefficient (Wildman–Crippen LogP) is 2.54. The topological polar surface area (TPSA) is 81.8 Å². The Labute approximate surface area is 126 Å². The number of ether oxygens (including phenoxy) is 2. The van der Waals surface area contributed by atoms with Gasteiger partial charge in [-0.1, -0.05) is 6.92 Å². The van der Waals surface area contributed by atoms with Gasteiger partial charge in [0.15, 0.2) is 0 Å². The van der Waals surface area contributed by atoms with Crippen molar-refractivity contribution in [1.82, 2.24) is 0 Å². The van der Waals surface area contributed by atoms with Crippen LogP contribution < -0.4 is 15.2 Å². The third-order valence-corrected chi connectivity index (χ3v) is 3.47. The summed E-state index contributed by atoms with van der Waals surface area (Å²) >= 11 is 0. The van der Waals surface area contributed by atoms with E-state index in [1.807, 2.05) is 24.3 Å². The maximum atomic E-state index is 10.7. The fourth-order valence-electron chi connectivity index (χ4n) is 2.25. The molecule has 2 atom stereocenters. The van der Waals surface area contributed by atoms with Crippen LogP contribution in [0.25, 0.3) is 0 Å². The summed E-state index contributed by atoms with van der Waals surface area (Å²) in [5.74, 6) is 1.25. The van der Waals surface area contributed by atoms with Gasteiger partial charge in [-0.15, -0.1) is 0 Å². The van der Waals surface area contributed by atoms with E-state index in [0.717, 1.165) is 24.3 Å². The van der Waals surface area contributed by atoms with E-state index in [4.69, 9.17) is 20.3 Å². The molecule has 1 aromatic carbocycles. The summed E-state index contributed by atoms with van der Waals surface area (Å²) in [6.07, 6.45) is 1.83. The Kier molecular flexibility index (Phi) is 7.61. The van der Waals surface area contributed by atoms with Gasteiger partial charge in [-0.3, -0.25) is 4.79 Å². The lowest BCUT2D eigenvalue weighted by Crippen LogP contribution is -2.21. The van der Waals surface area contributed by atoms with Crippen molar-refractivity contribution < 1.29 is 19.4 Å². The molecule has 0 fully saturated rings. The summed E-state index contributed by atoms with van der Waals surface area (Å²) < 4.78 is 10.8. The number of aliphatic carboxylic acids is 1. The van der Waals surface area contributed by atoms with E-state index in [2.05, 4.69) is 6.92 Å². The zero-order chi connectivity index (χ0) is 15.7. The van der Waals surface area contributed by atoms with Crippen molar-refractivity contribution in [3.63, 3.8) is 0 Å². The van der Waals surface area contributed by atoms with E-state index in [9.17, 15) is 4.79 Å². The first-order chi connectivity index (χ1) is 10.0. The second-order valence-electron chi connectivity index (χ2n) is 5.35. The van der Waals surface area contributed by atoms with E-state index in [-0.39, 0.29) is 12.3 Å². The van der Waals surface area contributed by atoms with Gasteiger partial charge < -0.3 is 20.3 Å². The number of rotatable bonds is 10. The lowest BCUT2D eigenvalue weighted by Gasteiger charge is -2.18. The molecule has 5 nitrogen and oxygen atoms in total. The van der Waals surface area contributed by atoms with Gasteiger partial charge in [-0.05, 0) is 55.5 Å². The molecule has 1 rings (SSSR count). The van der Waals surface area contributed by atoms with Crippen LogP contribution in [0.1, 0.15) is 26.2 Å². The molecule has 5 heteroatoms. The van der Waals surface area contributed by atoms with Crippen LogP contribution in [0.5, 0.6) is 11.5 Å². The Morgan fingerprint density at radius 2 is 1.90 bits per heavy atom. The van der Waals surface area contributed by atoms with Crippen LogP contribution >= 0.6 is 0 Å². The standard InChI is InChI=1S/C16H25NO4/c1-12(9-13(11-17)10-16(18)19)7-8-21-15-5-3-14(20-2)4-6-15/h3-6,12-13H,7-11,17H2,1-2H3,(H,18,19). The van der Waals surface area contributed by atoms with Crippen LogP contribution in [0.3, 0.4) is 0 Å². The highest BCUT2D eigenvalue weighted by atomic mass is 16.5. The van der Waals surface area contributed by atoms with E-state index in [1.165, 1.54) is 0 Å². The molecule has 0 amide bonds. The lowest BCUT2D eigenvalue weighted by molar-refractivity contribution is -0.138. The Balaban J connectivity index is 2.28. The number of hydrogen-bond acceptors (Lipinski definition) is 4. The number of hydrogen-bond donors (Lipinski definition) is 2. The highest BCUT2D eigenvalue weighted by molar-refractivity contribution is 5.67. The maximum absolute atomic E-state index is 10.7. The quantitative estimate of drug-likeness (QED) is 0.693. The van der Waals surface area contributed by atoms with Crippen LogP contribution in [-0.2, 0) is 4.79 Å². The molecule has 0 aromatic heterocycles. The molecule has 0 radical (unpaired) electrons. The van der Waals surface area contributed by atoms with Gasteiger partial charge in [-0.2, -0.15) is 0 Å². The molecule has 21 heavy (non-hydrogen) atoms. The highest BCUT2D eigenvalue weighted by Gasteiger charge is 2.15. The summed E-state index contributed by atoms with van der Waals surface area (Å²) in [5.41, 5.74) is 5.61. The van der Waals surface area contributed by atoms with Crippen molar-refractivity contribution >= 4 is 5.97 Å². The average Bonchev–Trinajstić information content (AvgIpc) is 2.46. The first kappa shape index (κ1) is 17.3. The predicted molar refractivity (Wildman–Crippen MR) is 81.7 cm³/mol. The van der Waals surface area contributed by atoms with Crippen molar-refractivity contribution in [2.75, 3.05) is 20.3 Å². The van der Waals surface area contributed by atoms with Crippen molar-refractivity contribution in [3.8, 4) is 11.5 Å². The molecule has 0 aliphatic carbocycles. The van der Waals surface area contributed by atoms with Gasteiger partial charge in [0, 0.05) is 6.42 Å². The molecule has 0 spiro atoms. The zero-order valence-corrected chi connectivity index (χ0v) is 12.7. The highest BCUT2D eigenvalue weighted by Crippen LogP contribution is 2.20. The minimum Gasteiger partial charge on any atom is -0.497 e. The second-order valence-corrected chi connectivity index (χ2v) is 5.35. The van der Waals surface area contributed by atoms with Crippen molar-refractivity contribution in [2.24, 2.45) is 17.6 Å². The minimum atomic E-state index is -0.785. The van der Waals surface area contributed by atoms with Gasteiger partial charge in [-0.25, -0.2) is 0 Å². The maximum Gasteiger partial charge on any atom is 0.303 e. The lowest BCUT2D eigenvalue weighted by atomic mass is 9.91. The number of nitrogens with two attached hydrogens (primary N) is 1. The van der Waals surface area contributed by atoms with Crippen molar-refractivity contribution in [3.05, 3.63) is 24.3 Å². The SMILES string of the molecule is COc1ccc(OCCC(C)CC(CN)CC(=O)O)cc1. The molecule has 2 unspecified atom stereocenters. The number of methoxy groups -OCH3 is 1. The largest absolute Gasteiger partial charge is 0.497 e. The summed E-state index contributed by atoms with van der Waals surface area (Å²) in [4.78, 5) is 10.7. The van der Waals surface area contributed by atoms with Crippen LogP contribution in [0.4, 0.5) is 0 Å². The summed E-state index contributed by atoms with van der Waals surface area (Å²) in [7, 11) is 1.63. The molecule has 0 saturated heterocycles. The van der Waals surface area contributed by atoms with Crippen molar-refractivity contribution in [2.45, 2.75) is 26.2 Å². The Morgan fingerprint density at radius 1 is 1.29 bits per heavy atom. The molecule has 3 N–H and O–H groups in total. The molecule has 0 saturated carbocycles. The number of carbonyl (C=O) groups is 1. The normalized spacial score (nSPS) is 13.5. The van der Waals surface area contributed by atoms with E-state index < -0.39 is 5.97 Å². The number of benzene rings is 1. The van der Waals surface area contributed by atoms with Gasteiger partial charge in [0.25, 0.3) is 0 Å². The monoisotopic (exact) mass is 295 g/mol. The number of carboxylic acid groups (broad SMARTS) is 1. The van der Waals surface area contributed by atoms with Gasteiger partial charge >= 0.3 is 5.97 Å². The summed E-state index contributed by atoms with van der Waals surface area (Å²) in [6.45, 7) is 3.12. The van der Waals surface area contributed by atoms with E-state index in [1.54, 1.807) is 7.11 Å². The Morgan fingerprint density at radius 3 is 2.43 bits per heavy atom. The molecule has 0 aliphatic rings. The number of carboxylic acids is 1. The van der Waals surface area contributed by atoms with Crippen LogP contribution in [0.15, 0.2) is 24.3 Å². The van der Waals surface area contributed by atoms with Crippen LogP contribution in [0, 0.1) is 11.8 Å². The second kappa shape index (κ2) is 9.23. The van der Waals surface area contributed by atoms with E-state index in [0.29, 0.717) is 19.1 Å². The fraction of sp³-hybridized carbons (Fsp3) is 0.562. The van der Waals surface area contributed by atoms with Gasteiger partial charge in [0.1, 0.15) is 11.5 Å². The third kappa shape index (κ3) is 6.99. The molecule has 118 valence electrons.